The normalized spacial score (nSPS) is 16.5. The van der Waals surface area contributed by atoms with Crippen LogP contribution in [0.3, 0.4) is 0 Å². The van der Waals surface area contributed by atoms with Gasteiger partial charge in [0.15, 0.2) is 0 Å². The maximum Gasteiger partial charge on any atom is 0.126 e. The van der Waals surface area contributed by atoms with Crippen molar-refractivity contribution < 1.29 is 8.81 Å². The summed E-state index contributed by atoms with van der Waals surface area (Å²) in [6.45, 7) is 3.73. The Kier molecular flexibility index (Phi) is 4.47. The van der Waals surface area contributed by atoms with E-state index in [4.69, 9.17) is 4.42 Å². The van der Waals surface area contributed by atoms with Gasteiger partial charge in [0.25, 0.3) is 0 Å². The van der Waals surface area contributed by atoms with Crippen LogP contribution in [-0.2, 0) is 0 Å². The molecule has 0 aliphatic carbocycles. The summed E-state index contributed by atoms with van der Waals surface area (Å²) in [5.74, 6) is 0.667. The molecule has 5 rings (SSSR count). The third-order valence-electron chi connectivity index (χ3n) is 5.48. The number of rotatable bonds is 4. The largest absolute Gasteiger partial charge is 0.467 e. The molecule has 2 aromatic heterocycles. The van der Waals surface area contributed by atoms with Gasteiger partial charge < -0.3 is 14.7 Å². The van der Waals surface area contributed by atoms with Crippen LogP contribution in [0, 0.1) is 5.82 Å². The highest BCUT2D eigenvalue weighted by atomic mass is 19.1. The molecule has 1 aliphatic rings. The van der Waals surface area contributed by atoms with E-state index in [9.17, 15) is 4.39 Å². The lowest BCUT2D eigenvalue weighted by atomic mass is 10.00. The van der Waals surface area contributed by atoms with E-state index >= 15 is 0 Å². The van der Waals surface area contributed by atoms with Crippen LogP contribution < -0.4 is 5.32 Å². The van der Waals surface area contributed by atoms with Gasteiger partial charge in [0.05, 0.1) is 12.3 Å². The summed E-state index contributed by atoms with van der Waals surface area (Å²) in [7, 11) is 0. The Bertz CT molecular complexity index is 1080. The maximum absolute atomic E-state index is 13.5. The predicted octanol–water partition coefficient (Wildman–Crippen LogP) is 4.56. The molecule has 4 aromatic rings. The highest BCUT2D eigenvalue weighted by molar-refractivity contribution is 5.84. The van der Waals surface area contributed by atoms with Crippen LogP contribution in [0.25, 0.3) is 22.0 Å². The minimum atomic E-state index is -0.220. The average molecular weight is 375 g/mol. The Morgan fingerprint density at radius 2 is 1.75 bits per heavy atom. The molecule has 0 amide bonds. The summed E-state index contributed by atoms with van der Waals surface area (Å²) in [6, 6.07) is 17.3. The molecular weight excluding hydrogens is 353 g/mol. The van der Waals surface area contributed by atoms with Gasteiger partial charge in [-0.25, -0.2) is 4.39 Å². The van der Waals surface area contributed by atoms with Gasteiger partial charge in [-0.1, -0.05) is 18.2 Å². The zero-order valence-corrected chi connectivity index (χ0v) is 15.5. The van der Waals surface area contributed by atoms with E-state index in [-0.39, 0.29) is 11.9 Å². The zero-order valence-electron chi connectivity index (χ0n) is 15.5. The van der Waals surface area contributed by atoms with Crippen LogP contribution in [0.15, 0.2) is 71.5 Å². The van der Waals surface area contributed by atoms with Crippen LogP contribution in [0.5, 0.6) is 0 Å². The number of benzene rings is 2. The second-order valence-electron chi connectivity index (χ2n) is 7.26. The molecular formula is C23H22FN3O. The number of aromatic nitrogens is 1. The van der Waals surface area contributed by atoms with Crippen molar-refractivity contribution in [2.45, 2.75) is 6.04 Å². The molecule has 0 spiro atoms. The molecule has 2 N–H and O–H groups in total. The number of nitrogens with one attached hydrogen (secondary N) is 2. The minimum Gasteiger partial charge on any atom is -0.467 e. The summed E-state index contributed by atoms with van der Waals surface area (Å²) in [4.78, 5) is 5.61. The number of hydrogen-bond donors (Lipinski definition) is 2. The van der Waals surface area contributed by atoms with Crippen molar-refractivity contribution in [3.8, 4) is 11.1 Å². The molecule has 3 heterocycles. The van der Waals surface area contributed by atoms with Crippen molar-refractivity contribution in [3.63, 3.8) is 0 Å². The van der Waals surface area contributed by atoms with E-state index in [1.807, 2.05) is 24.6 Å². The van der Waals surface area contributed by atoms with Gasteiger partial charge in [0, 0.05) is 43.5 Å². The number of piperazine rings is 1. The molecule has 1 atom stereocenters. The lowest BCUT2D eigenvalue weighted by Crippen LogP contribution is -2.45. The summed E-state index contributed by atoms with van der Waals surface area (Å²) in [6.07, 6.45) is 3.77. The Hall–Kier alpha value is -2.89. The number of furan rings is 1. The van der Waals surface area contributed by atoms with Crippen molar-refractivity contribution in [1.29, 1.82) is 0 Å². The van der Waals surface area contributed by atoms with Gasteiger partial charge >= 0.3 is 0 Å². The fraction of sp³-hybridized carbons (Fsp3) is 0.217. The molecule has 142 valence electrons. The summed E-state index contributed by atoms with van der Waals surface area (Å²) in [5.41, 5.74) is 4.35. The molecule has 1 aliphatic heterocycles. The molecule has 1 fully saturated rings. The van der Waals surface area contributed by atoms with Crippen LogP contribution in [0.1, 0.15) is 17.4 Å². The lowest BCUT2D eigenvalue weighted by Gasteiger charge is -2.34. The van der Waals surface area contributed by atoms with Gasteiger partial charge in [0.1, 0.15) is 11.6 Å². The number of hydrogen-bond acceptors (Lipinski definition) is 3. The topological polar surface area (TPSA) is 44.2 Å². The summed E-state index contributed by atoms with van der Waals surface area (Å²) >= 11 is 0. The molecule has 1 saturated heterocycles. The Morgan fingerprint density at radius 1 is 0.929 bits per heavy atom. The standard InChI is InChI=1S/C23H22FN3O/c24-20-4-1-16(2-5-20)23(27-11-9-25-10-12-27)22-14-19(15-28-22)17-3-6-21-18(13-17)7-8-26-21/h1-8,13-15,23,25-26H,9-12H2. The third kappa shape index (κ3) is 3.23. The number of aromatic amines is 1. The van der Waals surface area contributed by atoms with Gasteiger partial charge in [0.2, 0.25) is 0 Å². The molecule has 5 heteroatoms. The third-order valence-corrected chi connectivity index (χ3v) is 5.48. The van der Waals surface area contributed by atoms with E-state index in [2.05, 4.69) is 45.5 Å². The number of halogens is 1. The molecule has 0 bridgehead atoms. The Labute approximate surface area is 163 Å². The first kappa shape index (κ1) is 17.2. The molecule has 1 unspecified atom stereocenters. The minimum absolute atomic E-state index is 0.0209. The smallest absolute Gasteiger partial charge is 0.126 e. The lowest BCUT2D eigenvalue weighted by molar-refractivity contribution is 0.180. The van der Waals surface area contributed by atoms with Crippen LogP contribution >= 0.6 is 0 Å². The molecule has 2 aromatic carbocycles. The van der Waals surface area contributed by atoms with Gasteiger partial charge in [-0.2, -0.15) is 0 Å². The van der Waals surface area contributed by atoms with E-state index in [0.29, 0.717) is 0 Å². The molecule has 28 heavy (non-hydrogen) atoms. The van der Waals surface area contributed by atoms with Crippen LogP contribution in [0.4, 0.5) is 4.39 Å². The van der Waals surface area contributed by atoms with Crippen molar-refractivity contribution in [3.05, 3.63) is 84.2 Å². The van der Waals surface area contributed by atoms with Crippen molar-refractivity contribution in [1.82, 2.24) is 15.2 Å². The maximum atomic E-state index is 13.5. The second kappa shape index (κ2) is 7.26. The van der Waals surface area contributed by atoms with Gasteiger partial charge in [-0.05, 0) is 52.9 Å². The van der Waals surface area contributed by atoms with E-state index in [1.54, 1.807) is 0 Å². The Balaban J connectivity index is 1.52. The quantitative estimate of drug-likeness (QED) is 0.550. The molecule has 4 nitrogen and oxygen atoms in total. The average Bonchev–Trinajstić information content (AvgIpc) is 3.39. The number of H-pyrrole nitrogens is 1. The van der Waals surface area contributed by atoms with Crippen molar-refractivity contribution in [2.75, 3.05) is 26.2 Å². The highest BCUT2D eigenvalue weighted by Gasteiger charge is 2.27. The van der Waals surface area contributed by atoms with Crippen LogP contribution in [-0.4, -0.2) is 36.1 Å². The van der Waals surface area contributed by atoms with Gasteiger partial charge in [-0.3, -0.25) is 4.90 Å². The first-order valence-corrected chi connectivity index (χ1v) is 9.64. The second-order valence-corrected chi connectivity index (χ2v) is 7.26. The van der Waals surface area contributed by atoms with Crippen molar-refractivity contribution in [2.24, 2.45) is 0 Å². The van der Waals surface area contributed by atoms with E-state index in [0.717, 1.165) is 54.1 Å². The summed E-state index contributed by atoms with van der Waals surface area (Å²) < 4.78 is 19.5. The number of fused-ring (bicyclic) bond motifs is 1. The Morgan fingerprint density at radius 3 is 2.57 bits per heavy atom. The van der Waals surface area contributed by atoms with Crippen molar-refractivity contribution >= 4 is 10.9 Å². The monoisotopic (exact) mass is 375 g/mol. The number of nitrogens with zero attached hydrogens (tertiary/aromatic N) is 1. The molecule has 0 radical (unpaired) electrons. The first-order valence-electron chi connectivity index (χ1n) is 9.64. The molecule has 0 saturated carbocycles. The van der Waals surface area contributed by atoms with Gasteiger partial charge in [-0.15, -0.1) is 0 Å². The fourth-order valence-electron chi connectivity index (χ4n) is 4.02. The summed E-state index contributed by atoms with van der Waals surface area (Å²) in [5, 5.41) is 4.57. The predicted molar refractivity (Wildman–Crippen MR) is 109 cm³/mol. The highest BCUT2D eigenvalue weighted by Crippen LogP contribution is 2.34. The fourth-order valence-corrected chi connectivity index (χ4v) is 4.02. The van der Waals surface area contributed by atoms with Crippen LogP contribution in [0.2, 0.25) is 0 Å². The first-order chi connectivity index (χ1) is 13.8. The van der Waals surface area contributed by atoms with E-state index in [1.165, 1.54) is 17.5 Å². The van der Waals surface area contributed by atoms with E-state index < -0.39 is 0 Å². The zero-order chi connectivity index (χ0) is 18.9. The SMILES string of the molecule is Fc1ccc(C(c2cc(-c3ccc4[nH]ccc4c3)co2)N2CCNCC2)cc1.